The fourth-order valence-electron chi connectivity index (χ4n) is 3.87. The molecule has 1 aliphatic carbocycles. The van der Waals surface area contributed by atoms with Gasteiger partial charge in [0.05, 0.1) is 17.8 Å². The molecule has 0 radical (unpaired) electrons. The molecule has 1 N–H and O–H groups in total. The Bertz CT molecular complexity index is 563. The van der Waals surface area contributed by atoms with Crippen LogP contribution in [0.15, 0.2) is 21.2 Å². The Morgan fingerprint density at radius 2 is 2.29 bits per heavy atom. The van der Waals surface area contributed by atoms with Crippen molar-refractivity contribution in [2.24, 2.45) is 21.3 Å². The van der Waals surface area contributed by atoms with Crippen LogP contribution in [0.5, 0.6) is 0 Å². The molecule has 3 aliphatic heterocycles. The molecule has 1 saturated carbocycles. The molecular weight excluding hydrogens is 310 g/mol. The number of thiol groups is 1. The average molecular weight is 328 g/mol. The maximum absolute atomic E-state index is 10.9. The zero-order valence-corrected chi connectivity index (χ0v) is 13.4. The number of nitrogens with zero attached hydrogens (tertiary/aromatic N) is 4. The van der Waals surface area contributed by atoms with Crippen molar-refractivity contribution in [3.63, 3.8) is 0 Å². The number of fused-ring (bicyclic) bond motifs is 1. The lowest BCUT2D eigenvalue weighted by molar-refractivity contribution is -0.0583. The highest BCUT2D eigenvalue weighted by Crippen LogP contribution is 2.51. The van der Waals surface area contributed by atoms with Crippen LogP contribution >= 0.6 is 11.6 Å². The Kier molecular flexibility index (Phi) is 3.13. The first kappa shape index (κ1) is 13.7. The normalized spacial score (nSPS) is 33.2. The fourth-order valence-corrected chi connectivity index (χ4v) is 4.45. The summed E-state index contributed by atoms with van der Waals surface area (Å²) in [5.41, 5.74) is 0.387. The molecule has 2 unspecified atom stereocenters. The van der Waals surface area contributed by atoms with E-state index in [1.807, 2.05) is 17.6 Å². The summed E-state index contributed by atoms with van der Waals surface area (Å²) in [6, 6.07) is 0.450. The summed E-state index contributed by atoms with van der Waals surface area (Å²) in [6.45, 7) is 2.04. The minimum atomic E-state index is 0.00101. The molecule has 1 spiro atoms. The predicted octanol–water partition coefficient (Wildman–Crippen LogP) is 0.309. The van der Waals surface area contributed by atoms with Crippen LogP contribution in [0, 0.1) is 11.3 Å². The Hall–Kier alpha value is -0.920. The molecule has 114 valence electrons. The van der Waals surface area contributed by atoms with Gasteiger partial charge < -0.3 is 10.2 Å². The van der Waals surface area contributed by atoms with E-state index >= 15 is 0 Å². The van der Waals surface area contributed by atoms with Crippen LogP contribution in [0.1, 0.15) is 12.8 Å². The second kappa shape index (κ2) is 4.79. The van der Waals surface area contributed by atoms with Gasteiger partial charge in [-0.2, -0.15) is 0 Å². The highest BCUT2D eigenvalue weighted by Gasteiger charge is 2.55. The lowest BCUT2D eigenvalue weighted by Crippen LogP contribution is -2.68. The molecule has 0 aromatic rings. The molecule has 0 aromatic heterocycles. The third-order valence-electron chi connectivity index (χ3n) is 5.07. The maximum atomic E-state index is 10.9. The van der Waals surface area contributed by atoms with E-state index < -0.39 is 0 Å². The minimum absolute atomic E-state index is 0.00101. The molecule has 2 fully saturated rings. The molecule has 3 heterocycles. The lowest BCUT2D eigenvalue weighted by atomic mass is 9.60. The molecule has 8 heteroatoms. The van der Waals surface area contributed by atoms with E-state index in [9.17, 15) is 4.21 Å². The van der Waals surface area contributed by atoms with E-state index in [-0.39, 0.29) is 23.9 Å². The molecule has 21 heavy (non-hydrogen) atoms. The van der Waals surface area contributed by atoms with Crippen molar-refractivity contribution in [3.8, 4) is 0 Å². The fraction of sp³-hybridized carbons (Fsp3) is 0.692. The summed E-state index contributed by atoms with van der Waals surface area (Å²) >= 11 is 6.40. The quantitative estimate of drug-likeness (QED) is 0.718. The molecule has 0 bridgehead atoms. The van der Waals surface area contributed by atoms with E-state index in [1.54, 1.807) is 6.34 Å². The van der Waals surface area contributed by atoms with Gasteiger partial charge in [-0.1, -0.05) is 11.6 Å². The first-order chi connectivity index (χ1) is 10.1. The number of hydrogen-bond donors (Lipinski definition) is 2. The van der Waals surface area contributed by atoms with Crippen LogP contribution in [-0.4, -0.2) is 57.9 Å². The number of halogens is 1. The van der Waals surface area contributed by atoms with E-state index in [0.29, 0.717) is 11.5 Å². The second-order valence-electron chi connectivity index (χ2n) is 6.44. The van der Waals surface area contributed by atoms with Crippen LogP contribution in [0.2, 0.25) is 0 Å². The number of hydrogen-bond acceptors (Lipinski definition) is 5. The molecule has 0 amide bonds. The van der Waals surface area contributed by atoms with Gasteiger partial charge in [-0.3, -0.25) is 0 Å². The van der Waals surface area contributed by atoms with Crippen molar-refractivity contribution >= 4 is 35.6 Å². The Balaban J connectivity index is 1.40. The van der Waals surface area contributed by atoms with Gasteiger partial charge in [0.25, 0.3) is 0 Å². The third-order valence-corrected chi connectivity index (χ3v) is 6.00. The summed E-state index contributed by atoms with van der Waals surface area (Å²) in [5.74, 6) is 1.10. The first-order valence-electron chi connectivity index (χ1n) is 7.14. The molecule has 4 rings (SSSR count). The number of rotatable bonds is 2. The van der Waals surface area contributed by atoms with Gasteiger partial charge in [0.1, 0.15) is 18.3 Å². The Morgan fingerprint density at radius 1 is 1.52 bits per heavy atom. The topological polar surface area (TPSA) is 60.3 Å². The summed E-state index contributed by atoms with van der Waals surface area (Å²) in [7, 11) is 1.91. The SMILES string of the molecule is CN([SH]=O)C1CC2(C1)CN(C1=NC=NC3NC=C(Cl)C13)C2. The largest absolute Gasteiger partial charge is 0.368 e. The molecule has 1 saturated heterocycles. The average Bonchev–Trinajstić information content (AvgIpc) is 2.78. The Labute approximate surface area is 132 Å². The van der Waals surface area contributed by atoms with Crippen molar-refractivity contribution in [1.82, 2.24) is 14.5 Å². The predicted molar refractivity (Wildman–Crippen MR) is 84.6 cm³/mol. The zero-order valence-electron chi connectivity index (χ0n) is 11.7. The minimum Gasteiger partial charge on any atom is -0.368 e. The lowest BCUT2D eigenvalue weighted by Gasteiger charge is -2.61. The smallest absolute Gasteiger partial charge is 0.135 e. The second-order valence-corrected chi connectivity index (χ2v) is 7.67. The van der Waals surface area contributed by atoms with E-state index in [4.69, 9.17) is 11.6 Å². The van der Waals surface area contributed by atoms with Crippen molar-refractivity contribution in [3.05, 3.63) is 11.2 Å². The van der Waals surface area contributed by atoms with Gasteiger partial charge >= 0.3 is 0 Å². The Morgan fingerprint density at radius 3 is 3.00 bits per heavy atom. The number of aliphatic imine (C=N–C) groups is 2. The highest BCUT2D eigenvalue weighted by molar-refractivity contribution is 7.62. The molecule has 0 aromatic carbocycles. The summed E-state index contributed by atoms with van der Waals surface area (Å²) in [4.78, 5) is 11.1. The van der Waals surface area contributed by atoms with E-state index in [2.05, 4.69) is 20.2 Å². The summed E-state index contributed by atoms with van der Waals surface area (Å²) < 4.78 is 12.8. The van der Waals surface area contributed by atoms with Crippen molar-refractivity contribution in [1.29, 1.82) is 0 Å². The molecule has 6 nitrogen and oxygen atoms in total. The van der Waals surface area contributed by atoms with E-state index in [0.717, 1.165) is 36.8 Å². The number of nitrogens with one attached hydrogen (secondary N) is 1. The van der Waals surface area contributed by atoms with Crippen LogP contribution in [0.3, 0.4) is 0 Å². The van der Waals surface area contributed by atoms with Crippen LogP contribution < -0.4 is 5.32 Å². The molecule has 4 aliphatic rings. The van der Waals surface area contributed by atoms with Gasteiger partial charge in [0.2, 0.25) is 0 Å². The summed E-state index contributed by atoms with van der Waals surface area (Å²) in [6.07, 6.45) is 5.69. The molecule has 2 atom stereocenters. The van der Waals surface area contributed by atoms with Crippen molar-refractivity contribution < 1.29 is 4.21 Å². The zero-order chi connectivity index (χ0) is 14.6. The maximum Gasteiger partial charge on any atom is 0.135 e. The van der Waals surface area contributed by atoms with Crippen molar-refractivity contribution in [2.75, 3.05) is 20.1 Å². The first-order valence-corrected chi connectivity index (χ1v) is 8.28. The monoisotopic (exact) mass is 327 g/mol. The van der Waals surface area contributed by atoms with Crippen LogP contribution in [0.4, 0.5) is 0 Å². The van der Waals surface area contributed by atoms with Gasteiger partial charge in [0.15, 0.2) is 0 Å². The standard InChI is InChI=1S/C13H18ClN5OS/c1-18(21-20)8-2-13(3-8)5-19(6-13)12-10-9(14)4-15-11(10)16-7-17-12/h4,7-8,10-11,15,21H,2-3,5-6H2,1H3. The van der Waals surface area contributed by atoms with E-state index in [1.165, 1.54) is 0 Å². The molecular formula is C13H18ClN5OS. The number of likely N-dealkylation sites (tertiary alicyclic amines) is 1. The van der Waals surface area contributed by atoms with Gasteiger partial charge in [-0.05, 0) is 19.9 Å². The third kappa shape index (κ3) is 2.05. The van der Waals surface area contributed by atoms with Gasteiger partial charge in [-0.25, -0.2) is 18.5 Å². The van der Waals surface area contributed by atoms with Gasteiger partial charge in [0, 0.05) is 35.8 Å². The van der Waals surface area contributed by atoms with Crippen LogP contribution in [-0.2, 0) is 11.9 Å². The van der Waals surface area contributed by atoms with Crippen LogP contribution in [0.25, 0.3) is 0 Å². The van der Waals surface area contributed by atoms with Crippen molar-refractivity contribution in [2.45, 2.75) is 25.0 Å². The summed E-state index contributed by atoms with van der Waals surface area (Å²) in [5, 5.41) is 3.96. The van der Waals surface area contributed by atoms with Gasteiger partial charge in [-0.15, -0.1) is 0 Å². The number of amidine groups is 1. The highest BCUT2D eigenvalue weighted by atomic mass is 35.5.